The van der Waals surface area contributed by atoms with E-state index >= 15 is 0 Å². The Morgan fingerprint density at radius 1 is 0.586 bits per heavy atom. The van der Waals surface area contributed by atoms with Gasteiger partial charge in [0.05, 0.1) is 16.6 Å². The average molecular weight is 383 g/mol. The Bertz CT molecular complexity index is 1190. The van der Waals surface area contributed by atoms with E-state index in [0.29, 0.717) is 22.3 Å². The average Bonchev–Trinajstić information content (AvgIpc) is 2.75. The fraction of sp³-hybridized carbons (Fsp3) is 0. The van der Waals surface area contributed by atoms with Gasteiger partial charge >= 0.3 is 0 Å². The lowest BCUT2D eigenvalue weighted by Crippen LogP contribution is -1.94. The highest BCUT2D eigenvalue weighted by molar-refractivity contribution is 5.86. The molecule has 29 heavy (non-hydrogen) atoms. The maximum Gasteiger partial charge on any atom is 0.280 e. The van der Waals surface area contributed by atoms with Crippen LogP contribution in [0.25, 0.3) is 33.4 Å². The quantitative estimate of drug-likeness (QED) is 0.334. The molecule has 5 nitrogen and oxygen atoms in total. The second kappa shape index (κ2) is 7.48. The molecule has 0 fully saturated rings. The monoisotopic (exact) mass is 383 g/mol. The van der Waals surface area contributed by atoms with Gasteiger partial charge in [0, 0.05) is 11.1 Å². The van der Waals surface area contributed by atoms with E-state index in [1.54, 1.807) is 18.2 Å². The van der Waals surface area contributed by atoms with Gasteiger partial charge in [0.1, 0.15) is 11.5 Å². The second-order valence-electron chi connectivity index (χ2n) is 6.61. The van der Waals surface area contributed by atoms with Crippen LogP contribution in [-0.4, -0.2) is 15.1 Å². The van der Waals surface area contributed by atoms with Crippen molar-refractivity contribution in [1.29, 1.82) is 0 Å². The molecule has 0 saturated carbocycles. The summed E-state index contributed by atoms with van der Waals surface area (Å²) in [6.07, 6.45) is 0. The SMILES string of the molecule is O=[N+]([O-])c1cc(O)c(-c2ccccc2)cc1-c1ccc(O)c(-c2ccccc2)c1. The highest BCUT2D eigenvalue weighted by Gasteiger charge is 2.21. The molecule has 0 atom stereocenters. The molecule has 0 saturated heterocycles. The Hall–Kier alpha value is -4.12. The van der Waals surface area contributed by atoms with Crippen molar-refractivity contribution >= 4 is 5.69 Å². The molecule has 142 valence electrons. The molecule has 0 heterocycles. The summed E-state index contributed by atoms with van der Waals surface area (Å²) in [6.45, 7) is 0. The Balaban J connectivity index is 1.94. The molecule has 0 amide bonds. The van der Waals surface area contributed by atoms with E-state index in [4.69, 9.17) is 0 Å². The molecule has 0 aliphatic rings. The first-order valence-corrected chi connectivity index (χ1v) is 9.00. The van der Waals surface area contributed by atoms with Crippen LogP contribution in [0, 0.1) is 10.1 Å². The lowest BCUT2D eigenvalue weighted by Gasteiger charge is -2.12. The van der Waals surface area contributed by atoms with E-state index in [1.165, 1.54) is 12.1 Å². The number of hydrogen-bond acceptors (Lipinski definition) is 4. The van der Waals surface area contributed by atoms with Crippen molar-refractivity contribution in [3.8, 4) is 44.9 Å². The summed E-state index contributed by atoms with van der Waals surface area (Å²) >= 11 is 0. The van der Waals surface area contributed by atoms with Crippen molar-refractivity contribution < 1.29 is 15.1 Å². The number of rotatable bonds is 4. The summed E-state index contributed by atoms with van der Waals surface area (Å²) < 4.78 is 0. The maximum absolute atomic E-state index is 11.7. The number of aromatic hydroxyl groups is 2. The van der Waals surface area contributed by atoms with Gasteiger partial charge in [-0.05, 0) is 34.9 Å². The normalized spacial score (nSPS) is 10.6. The van der Waals surface area contributed by atoms with Crippen LogP contribution in [-0.2, 0) is 0 Å². The number of nitrogens with zero attached hydrogens (tertiary/aromatic N) is 1. The number of nitro benzene ring substituents is 1. The molecule has 2 N–H and O–H groups in total. The summed E-state index contributed by atoms with van der Waals surface area (Å²) in [7, 11) is 0. The Morgan fingerprint density at radius 3 is 1.69 bits per heavy atom. The van der Waals surface area contributed by atoms with Gasteiger partial charge in [0.25, 0.3) is 5.69 Å². The fourth-order valence-electron chi connectivity index (χ4n) is 3.36. The van der Waals surface area contributed by atoms with E-state index in [-0.39, 0.29) is 17.2 Å². The molecule has 4 aromatic rings. The zero-order valence-electron chi connectivity index (χ0n) is 15.3. The van der Waals surface area contributed by atoms with E-state index in [2.05, 4.69) is 0 Å². The molecule has 0 bridgehead atoms. The summed E-state index contributed by atoms with van der Waals surface area (Å²) in [4.78, 5) is 11.1. The highest BCUT2D eigenvalue weighted by atomic mass is 16.6. The minimum atomic E-state index is -0.515. The molecule has 5 heteroatoms. The van der Waals surface area contributed by atoms with Crippen molar-refractivity contribution in [2.24, 2.45) is 0 Å². The van der Waals surface area contributed by atoms with Crippen molar-refractivity contribution in [1.82, 2.24) is 0 Å². The smallest absolute Gasteiger partial charge is 0.280 e. The van der Waals surface area contributed by atoms with E-state index in [1.807, 2.05) is 60.7 Å². The van der Waals surface area contributed by atoms with Crippen molar-refractivity contribution in [2.45, 2.75) is 0 Å². The van der Waals surface area contributed by atoms with Gasteiger partial charge in [0.15, 0.2) is 0 Å². The first-order valence-electron chi connectivity index (χ1n) is 9.00. The molecule has 4 aromatic carbocycles. The Kier molecular flexibility index (Phi) is 4.71. The third kappa shape index (κ3) is 3.53. The Morgan fingerprint density at radius 2 is 1.14 bits per heavy atom. The van der Waals surface area contributed by atoms with Gasteiger partial charge in [-0.15, -0.1) is 0 Å². The van der Waals surface area contributed by atoms with Gasteiger partial charge in [0.2, 0.25) is 0 Å². The molecule has 0 aromatic heterocycles. The zero-order valence-corrected chi connectivity index (χ0v) is 15.3. The molecular weight excluding hydrogens is 366 g/mol. The van der Waals surface area contributed by atoms with Crippen molar-refractivity contribution in [3.63, 3.8) is 0 Å². The third-order valence-electron chi connectivity index (χ3n) is 4.79. The van der Waals surface area contributed by atoms with Crippen LogP contribution in [0.2, 0.25) is 0 Å². The lowest BCUT2D eigenvalue weighted by atomic mass is 9.94. The molecule has 0 aliphatic carbocycles. The topological polar surface area (TPSA) is 83.6 Å². The standard InChI is InChI=1S/C24H17NO4/c26-23-12-11-18(13-20(23)16-7-3-1-4-8-16)19-14-21(17-9-5-2-6-10-17)24(27)15-22(19)25(28)29/h1-15,26-27H. The zero-order chi connectivity index (χ0) is 20.4. The van der Waals surface area contributed by atoms with Gasteiger partial charge < -0.3 is 10.2 Å². The first kappa shape index (κ1) is 18.3. The number of phenolic OH excluding ortho intramolecular Hbond substituents is 2. The van der Waals surface area contributed by atoms with Crippen LogP contribution < -0.4 is 0 Å². The molecule has 0 spiro atoms. The number of nitro groups is 1. The minimum absolute atomic E-state index is 0.0877. The van der Waals surface area contributed by atoms with Crippen LogP contribution in [0.4, 0.5) is 5.69 Å². The van der Waals surface area contributed by atoms with E-state index < -0.39 is 4.92 Å². The van der Waals surface area contributed by atoms with Crippen molar-refractivity contribution in [2.75, 3.05) is 0 Å². The number of benzene rings is 4. The van der Waals surface area contributed by atoms with Gasteiger partial charge in [-0.25, -0.2) is 0 Å². The van der Waals surface area contributed by atoms with Crippen LogP contribution in [0.15, 0.2) is 91.0 Å². The number of hydrogen-bond donors (Lipinski definition) is 2. The van der Waals surface area contributed by atoms with Gasteiger partial charge in [-0.2, -0.15) is 0 Å². The van der Waals surface area contributed by atoms with Gasteiger partial charge in [-0.3, -0.25) is 10.1 Å². The largest absolute Gasteiger partial charge is 0.507 e. The molecular formula is C24H17NO4. The van der Waals surface area contributed by atoms with Crippen LogP contribution >= 0.6 is 0 Å². The molecule has 0 unspecified atom stereocenters. The van der Waals surface area contributed by atoms with E-state index in [0.717, 1.165) is 11.1 Å². The van der Waals surface area contributed by atoms with Crippen LogP contribution in [0.5, 0.6) is 11.5 Å². The summed E-state index contributed by atoms with van der Waals surface area (Å²) in [6, 6.07) is 26.2. The second-order valence-corrected chi connectivity index (χ2v) is 6.61. The van der Waals surface area contributed by atoms with Gasteiger partial charge in [-0.1, -0.05) is 66.7 Å². The first-order chi connectivity index (χ1) is 14.0. The van der Waals surface area contributed by atoms with Crippen molar-refractivity contribution in [3.05, 3.63) is 101 Å². The molecule has 4 rings (SSSR count). The maximum atomic E-state index is 11.7. The fourth-order valence-corrected chi connectivity index (χ4v) is 3.36. The number of phenols is 2. The molecule has 0 aliphatic heterocycles. The van der Waals surface area contributed by atoms with E-state index in [9.17, 15) is 20.3 Å². The summed E-state index contributed by atoms with van der Waals surface area (Å²) in [5, 5.41) is 32.4. The highest BCUT2D eigenvalue weighted by Crippen LogP contribution is 2.42. The molecule has 0 radical (unpaired) electrons. The van der Waals surface area contributed by atoms with Crippen LogP contribution in [0.1, 0.15) is 0 Å². The van der Waals surface area contributed by atoms with Crippen LogP contribution in [0.3, 0.4) is 0 Å². The lowest BCUT2D eigenvalue weighted by molar-refractivity contribution is -0.384. The summed E-state index contributed by atoms with van der Waals surface area (Å²) in [5.41, 5.74) is 3.37. The summed E-state index contributed by atoms with van der Waals surface area (Å²) in [5.74, 6) is -0.0709. The predicted molar refractivity (Wildman–Crippen MR) is 113 cm³/mol. The third-order valence-corrected chi connectivity index (χ3v) is 4.79. The Labute approximate surface area is 167 Å². The predicted octanol–water partition coefficient (Wildman–Crippen LogP) is 6.01. The minimum Gasteiger partial charge on any atom is -0.507 e.